The second kappa shape index (κ2) is 11.9. The van der Waals surface area contributed by atoms with Crippen molar-refractivity contribution in [3.05, 3.63) is 137 Å². The van der Waals surface area contributed by atoms with Crippen molar-refractivity contribution in [3.63, 3.8) is 0 Å². The minimum absolute atomic E-state index is 0.0640. The summed E-state index contributed by atoms with van der Waals surface area (Å²) in [6.07, 6.45) is 6.65. The first-order valence-corrected chi connectivity index (χ1v) is 15.2. The number of amidine groups is 1. The van der Waals surface area contributed by atoms with E-state index in [9.17, 15) is 9.18 Å². The van der Waals surface area contributed by atoms with Crippen LogP contribution in [0.15, 0.2) is 119 Å². The molecule has 0 aliphatic carbocycles. The number of benzene rings is 4. The fraction of sp³-hybridized carbons (Fsp3) is 0.111. The largest absolute Gasteiger partial charge is 0.497 e. The first-order chi connectivity index (χ1) is 21.5. The lowest BCUT2D eigenvalue weighted by molar-refractivity contribution is -0.122. The third-order valence-electron chi connectivity index (χ3n) is 7.80. The Hall–Kier alpha value is -5.08. The average Bonchev–Trinajstić information content (AvgIpc) is 3.72. The van der Waals surface area contributed by atoms with Gasteiger partial charge in [-0.05, 0) is 102 Å². The molecule has 44 heavy (non-hydrogen) atoms. The molecule has 1 saturated heterocycles. The summed E-state index contributed by atoms with van der Waals surface area (Å²) in [7, 11) is 1.63. The van der Waals surface area contributed by atoms with E-state index in [1.165, 1.54) is 17.8 Å². The number of amides is 1. The molecule has 0 unspecified atom stereocenters. The number of nitrogens with one attached hydrogen (secondary N) is 1. The van der Waals surface area contributed by atoms with Crippen LogP contribution in [0.4, 0.5) is 10.1 Å². The first-order valence-electron chi connectivity index (χ1n) is 14.4. The van der Waals surface area contributed by atoms with E-state index in [0.717, 1.165) is 49.9 Å². The van der Waals surface area contributed by atoms with Gasteiger partial charge in [0.05, 0.1) is 17.7 Å². The van der Waals surface area contributed by atoms with Crippen LogP contribution in [-0.4, -0.2) is 39.2 Å². The monoisotopic (exact) mass is 600 g/mol. The quantitative estimate of drug-likeness (QED) is 0.179. The highest BCUT2D eigenvalue weighted by Gasteiger charge is 2.33. The van der Waals surface area contributed by atoms with Crippen molar-refractivity contribution in [2.24, 2.45) is 4.99 Å². The van der Waals surface area contributed by atoms with E-state index >= 15 is 0 Å². The first kappa shape index (κ1) is 27.7. The van der Waals surface area contributed by atoms with Crippen molar-refractivity contribution in [2.75, 3.05) is 13.7 Å². The summed E-state index contributed by atoms with van der Waals surface area (Å²) in [5.41, 5.74) is 5.87. The number of thioether (sulfide) groups is 1. The van der Waals surface area contributed by atoms with Gasteiger partial charge in [-0.15, -0.1) is 0 Å². The maximum Gasteiger partial charge on any atom is 0.266 e. The van der Waals surface area contributed by atoms with Gasteiger partial charge in [0.15, 0.2) is 5.17 Å². The molecule has 0 saturated carbocycles. The van der Waals surface area contributed by atoms with E-state index in [4.69, 9.17) is 9.73 Å². The van der Waals surface area contributed by atoms with Crippen molar-refractivity contribution in [3.8, 4) is 5.75 Å². The highest BCUT2D eigenvalue weighted by atomic mass is 32.2. The number of ether oxygens (including phenoxy) is 1. The molecule has 0 atom stereocenters. The Labute approximate surface area is 258 Å². The lowest BCUT2D eigenvalue weighted by Gasteiger charge is -2.15. The van der Waals surface area contributed by atoms with E-state index in [1.807, 2.05) is 79.1 Å². The predicted molar refractivity (Wildman–Crippen MR) is 177 cm³/mol. The highest BCUT2D eigenvalue weighted by molar-refractivity contribution is 8.18. The van der Waals surface area contributed by atoms with Gasteiger partial charge in [0.25, 0.3) is 5.91 Å². The van der Waals surface area contributed by atoms with Gasteiger partial charge in [-0.25, -0.2) is 9.38 Å². The van der Waals surface area contributed by atoms with Crippen LogP contribution < -0.4 is 4.74 Å². The zero-order valence-corrected chi connectivity index (χ0v) is 24.9. The Morgan fingerprint density at radius 1 is 0.977 bits per heavy atom. The van der Waals surface area contributed by atoms with E-state index in [-0.39, 0.29) is 11.7 Å². The summed E-state index contributed by atoms with van der Waals surface area (Å²) in [5, 5.41) is 2.86. The molecule has 6 aromatic rings. The van der Waals surface area contributed by atoms with Crippen LogP contribution in [0.25, 0.3) is 27.9 Å². The average molecular weight is 601 g/mol. The van der Waals surface area contributed by atoms with Gasteiger partial charge in [-0.2, -0.15) is 0 Å². The molecule has 1 aliphatic heterocycles. The summed E-state index contributed by atoms with van der Waals surface area (Å²) in [4.78, 5) is 24.4. The highest BCUT2D eigenvalue weighted by Crippen LogP contribution is 2.35. The zero-order chi connectivity index (χ0) is 30.0. The molecular formula is C36H29FN4O2S. The number of hydrogen-bond acceptors (Lipinski definition) is 4. The van der Waals surface area contributed by atoms with Gasteiger partial charge < -0.3 is 14.3 Å². The van der Waals surface area contributed by atoms with E-state index in [2.05, 4.69) is 27.8 Å². The van der Waals surface area contributed by atoms with Gasteiger partial charge in [0.1, 0.15) is 11.6 Å². The van der Waals surface area contributed by atoms with Crippen molar-refractivity contribution in [1.29, 1.82) is 0 Å². The molecule has 0 spiro atoms. The van der Waals surface area contributed by atoms with E-state index < -0.39 is 0 Å². The molecule has 1 aliphatic rings. The molecule has 0 radical (unpaired) electrons. The molecule has 4 aromatic carbocycles. The van der Waals surface area contributed by atoms with Crippen LogP contribution in [-0.2, 0) is 17.8 Å². The Bertz CT molecular complexity index is 2060. The van der Waals surface area contributed by atoms with Gasteiger partial charge in [0, 0.05) is 47.3 Å². The molecule has 6 nitrogen and oxygen atoms in total. The molecule has 3 heterocycles. The van der Waals surface area contributed by atoms with Crippen LogP contribution in [0.2, 0.25) is 0 Å². The number of para-hydroxylation sites is 1. The third-order valence-corrected chi connectivity index (χ3v) is 8.81. The number of carbonyl (C=O) groups is 1. The Kier molecular flexibility index (Phi) is 7.50. The summed E-state index contributed by atoms with van der Waals surface area (Å²) < 4.78 is 21.1. The van der Waals surface area contributed by atoms with Crippen molar-refractivity contribution < 1.29 is 13.9 Å². The predicted octanol–water partition coefficient (Wildman–Crippen LogP) is 8.17. The maximum atomic E-state index is 13.8. The zero-order valence-electron chi connectivity index (χ0n) is 24.0. The maximum absolute atomic E-state index is 13.8. The number of fused-ring (bicyclic) bond motifs is 2. The summed E-state index contributed by atoms with van der Waals surface area (Å²) in [6.45, 7) is 1.08. The normalized spacial score (nSPS) is 15.3. The van der Waals surface area contributed by atoms with Crippen LogP contribution in [0.1, 0.15) is 16.7 Å². The molecule has 1 fully saturated rings. The molecule has 218 valence electrons. The standard InChI is InChI=1S/C36H29FN4O2S/c1-43-30-12-10-29(11-13-30)39-36-41(18-16-27-22-38-32-8-3-2-7-31(27)32)35(42)34(44-36)21-24-9-14-33-26(19-24)15-17-40(33)23-25-5-4-6-28(37)20-25/h2-15,17,19-22,38H,16,18,23H2,1H3/b34-21+,39-36?. The fourth-order valence-corrected chi connectivity index (χ4v) is 6.58. The summed E-state index contributed by atoms with van der Waals surface area (Å²) in [6, 6.07) is 30.5. The number of rotatable bonds is 8. The van der Waals surface area contributed by atoms with Crippen LogP contribution >= 0.6 is 11.8 Å². The molecule has 1 N–H and O–H groups in total. The van der Waals surface area contributed by atoms with E-state index in [0.29, 0.717) is 29.6 Å². The number of halogens is 1. The lowest BCUT2D eigenvalue weighted by atomic mass is 10.1. The van der Waals surface area contributed by atoms with Crippen LogP contribution in [0, 0.1) is 5.82 Å². The number of carbonyl (C=O) groups excluding carboxylic acids is 1. The molecule has 8 heteroatoms. The number of nitrogens with zero attached hydrogens (tertiary/aromatic N) is 3. The molecular weight excluding hydrogens is 571 g/mol. The number of hydrogen-bond donors (Lipinski definition) is 1. The second-order valence-electron chi connectivity index (χ2n) is 10.7. The van der Waals surface area contributed by atoms with Crippen LogP contribution in [0.3, 0.4) is 0 Å². The molecule has 0 bridgehead atoms. The summed E-state index contributed by atoms with van der Waals surface area (Å²) >= 11 is 1.39. The lowest BCUT2D eigenvalue weighted by Crippen LogP contribution is -2.31. The van der Waals surface area contributed by atoms with Crippen LogP contribution in [0.5, 0.6) is 5.75 Å². The van der Waals surface area contributed by atoms with Crippen molar-refractivity contribution in [1.82, 2.24) is 14.5 Å². The van der Waals surface area contributed by atoms with Gasteiger partial charge in [-0.1, -0.05) is 36.4 Å². The SMILES string of the molecule is COc1ccc(N=C2S/C(=C/c3ccc4c(ccn4Cc4cccc(F)c4)c3)C(=O)N2CCc2c[nH]c3ccccc23)cc1. The molecule has 7 rings (SSSR count). The Morgan fingerprint density at radius 2 is 1.84 bits per heavy atom. The van der Waals surface area contributed by atoms with E-state index in [1.54, 1.807) is 24.1 Å². The smallest absolute Gasteiger partial charge is 0.266 e. The topological polar surface area (TPSA) is 62.6 Å². The van der Waals surface area contributed by atoms with Crippen molar-refractivity contribution in [2.45, 2.75) is 13.0 Å². The Balaban J connectivity index is 1.17. The second-order valence-corrected chi connectivity index (χ2v) is 11.7. The molecule has 2 aromatic heterocycles. The minimum atomic E-state index is -0.239. The third kappa shape index (κ3) is 5.64. The minimum Gasteiger partial charge on any atom is -0.497 e. The fourth-order valence-electron chi connectivity index (χ4n) is 5.56. The van der Waals surface area contributed by atoms with Gasteiger partial charge in [0.2, 0.25) is 0 Å². The number of aliphatic imine (C=N–C) groups is 1. The van der Waals surface area contributed by atoms with Gasteiger partial charge in [-0.3, -0.25) is 9.69 Å². The summed E-state index contributed by atoms with van der Waals surface area (Å²) in [5.74, 6) is 0.448. The van der Waals surface area contributed by atoms with Crippen molar-refractivity contribution >= 4 is 56.4 Å². The molecule has 1 amide bonds. The Morgan fingerprint density at radius 3 is 2.68 bits per heavy atom. The number of methoxy groups -OCH3 is 1. The number of H-pyrrole nitrogens is 1. The number of aromatic amines is 1. The number of aromatic nitrogens is 2. The van der Waals surface area contributed by atoms with Gasteiger partial charge >= 0.3 is 0 Å².